The lowest BCUT2D eigenvalue weighted by Crippen LogP contribution is -2.04. The first-order chi connectivity index (χ1) is 8.59. The minimum Gasteiger partial charge on any atom is -0.335 e. The Morgan fingerprint density at radius 1 is 0.944 bits per heavy atom. The van der Waals surface area contributed by atoms with Gasteiger partial charge in [0.15, 0.2) is 0 Å². The second-order valence-corrected chi connectivity index (χ2v) is 6.22. The van der Waals surface area contributed by atoms with Crippen molar-refractivity contribution in [2.75, 3.05) is 0 Å². The molecule has 0 aromatic carbocycles. The lowest BCUT2D eigenvalue weighted by molar-refractivity contribution is 0.397. The Bertz CT molecular complexity index is 290. The summed E-state index contributed by atoms with van der Waals surface area (Å²) in [6, 6.07) is 0.593. The maximum Gasteiger partial charge on any atom is 0.0948 e. The molecule has 1 heterocycles. The summed E-state index contributed by atoms with van der Waals surface area (Å²) in [4.78, 5) is 4.11. The Balaban J connectivity index is 2.06. The highest BCUT2D eigenvalue weighted by molar-refractivity contribution is 4.78. The van der Waals surface area contributed by atoms with Gasteiger partial charge in [-0.15, -0.1) is 0 Å². The maximum atomic E-state index is 4.11. The molecule has 1 rings (SSSR count). The van der Waals surface area contributed by atoms with Crippen LogP contribution in [0.15, 0.2) is 18.7 Å². The Kier molecular flexibility index (Phi) is 7.07. The maximum absolute atomic E-state index is 4.11. The lowest BCUT2D eigenvalue weighted by atomic mass is 9.95. The van der Waals surface area contributed by atoms with Gasteiger partial charge in [0.05, 0.1) is 6.33 Å². The zero-order valence-corrected chi connectivity index (χ0v) is 12.6. The van der Waals surface area contributed by atoms with E-state index in [9.17, 15) is 0 Å². The number of hydrogen-bond acceptors (Lipinski definition) is 1. The van der Waals surface area contributed by atoms with Crippen molar-refractivity contribution in [2.45, 2.75) is 72.3 Å². The first-order valence-electron chi connectivity index (χ1n) is 7.57. The third-order valence-electron chi connectivity index (χ3n) is 3.83. The standard InChI is InChI=1S/C16H30N2/c1-14(2)7-5-8-15(3)9-6-10-16(4)18-12-11-17-13-18/h11-16H,5-10H2,1-4H3. The summed E-state index contributed by atoms with van der Waals surface area (Å²) in [5.74, 6) is 1.75. The monoisotopic (exact) mass is 250 g/mol. The minimum absolute atomic E-state index is 0.593. The zero-order valence-electron chi connectivity index (χ0n) is 12.6. The van der Waals surface area contributed by atoms with Crippen LogP contribution >= 0.6 is 0 Å². The molecule has 0 spiro atoms. The van der Waals surface area contributed by atoms with E-state index in [2.05, 4.69) is 43.4 Å². The van der Waals surface area contributed by atoms with Crippen LogP contribution in [0.5, 0.6) is 0 Å². The van der Waals surface area contributed by atoms with E-state index >= 15 is 0 Å². The van der Waals surface area contributed by atoms with Crippen LogP contribution in [0.25, 0.3) is 0 Å². The molecule has 1 aromatic rings. The Morgan fingerprint density at radius 2 is 1.61 bits per heavy atom. The van der Waals surface area contributed by atoms with Gasteiger partial charge in [0.2, 0.25) is 0 Å². The predicted octanol–water partition coefficient (Wildman–Crippen LogP) is 5.08. The highest BCUT2D eigenvalue weighted by Gasteiger charge is 2.06. The summed E-state index contributed by atoms with van der Waals surface area (Å²) >= 11 is 0. The van der Waals surface area contributed by atoms with E-state index in [0.29, 0.717) is 6.04 Å². The van der Waals surface area contributed by atoms with Gasteiger partial charge in [-0.25, -0.2) is 4.98 Å². The molecule has 0 aliphatic heterocycles. The van der Waals surface area contributed by atoms with Crippen LogP contribution in [0.2, 0.25) is 0 Å². The molecule has 2 nitrogen and oxygen atoms in total. The molecule has 0 aliphatic carbocycles. The van der Waals surface area contributed by atoms with Crippen LogP contribution in [0.1, 0.15) is 72.3 Å². The predicted molar refractivity (Wildman–Crippen MR) is 78.6 cm³/mol. The second kappa shape index (κ2) is 8.34. The van der Waals surface area contributed by atoms with Crippen LogP contribution in [-0.2, 0) is 0 Å². The van der Waals surface area contributed by atoms with Gasteiger partial charge < -0.3 is 4.57 Å². The number of aromatic nitrogens is 2. The molecule has 2 unspecified atom stereocenters. The fourth-order valence-electron chi connectivity index (χ4n) is 2.46. The van der Waals surface area contributed by atoms with Gasteiger partial charge in [-0.3, -0.25) is 0 Å². The van der Waals surface area contributed by atoms with Crippen LogP contribution < -0.4 is 0 Å². The number of imidazole rings is 1. The van der Waals surface area contributed by atoms with E-state index in [1.807, 2.05) is 12.5 Å². The van der Waals surface area contributed by atoms with Gasteiger partial charge in [-0.05, 0) is 25.2 Å². The molecule has 0 N–H and O–H groups in total. The van der Waals surface area contributed by atoms with Gasteiger partial charge in [0.1, 0.15) is 0 Å². The molecule has 0 radical (unpaired) electrons. The molecule has 0 saturated carbocycles. The van der Waals surface area contributed by atoms with Crippen LogP contribution in [-0.4, -0.2) is 9.55 Å². The number of rotatable bonds is 9. The summed E-state index contributed by atoms with van der Waals surface area (Å²) in [5.41, 5.74) is 0. The highest BCUT2D eigenvalue weighted by Crippen LogP contribution is 2.20. The SMILES string of the molecule is CC(C)CCCC(C)CCCC(C)n1ccnc1. The van der Waals surface area contributed by atoms with Crippen LogP contribution in [0.3, 0.4) is 0 Å². The van der Waals surface area contributed by atoms with Gasteiger partial charge in [-0.1, -0.05) is 52.9 Å². The van der Waals surface area contributed by atoms with Gasteiger partial charge in [0, 0.05) is 18.4 Å². The molecule has 18 heavy (non-hydrogen) atoms. The van der Waals surface area contributed by atoms with Crippen molar-refractivity contribution in [3.8, 4) is 0 Å². The van der Waals surface area contributed by atoms with E-state index in [0.717, 1.165) is 11.8 Å². The van der Waals surface area contributed by atoms with Crippen LogP contribution in [0.4, 0.5) is 0 Å². The van der Waals surface area contributed by atoms with Crippen LogP contribution in [0, 0.1) is 11.8 Å². The first kappa shape index (κ1) is 15.3. The molecule has 0 amide bonds. The van der Waals surface area contributed by atoms with Crippen molar-refractivity contribution >= 4 is 0 Å². The van der Waals surface area contributed by atoms with Gasteiger partial charge in [-0.2, -0.15) is 0 Å². The molecule has 104 valence electrons. The van der Waals surface area contributed by atoms with E-state index in [1.54, 1.807) is 0 Å². The summed E-state index contributed by atoms with van der Waals surface area (Å²) in [5, 5.41) is 0. The minimum atomic E-state index is 0.593. The number of nitrogens with zero attached hydrogens (tertiary/aromatic N) is 2. The summed E-state index contributed by atoms with van der Waals surface area (Å²) < 4.78 is 2.21. The first-order valence-corrected chi connectivity index (χ1v) is 7.57. The zero-order chi connectivity index (χ0) is 13.4. The Labute approximate surface area is 113 Å². The van der Waals surface area contributed by atoms with Crippen molar-refractivity contribution in [1.82, 2.24) is 9.55 Å². The Morgan fingerprint density at radius 3 is 2.17 bits per heavy atom. The molecule has 0 saturated heterocycles. The lowest BCUT2D eigenvalue weighted by Gasteiger charge is -2.15. The molecule has 0 bridgehead atoms. The summed E-state index contributed by atoms with van der Waals surface area (Å²) in [6.45, 7) is 9.32. The van der Waals surface area contributed by atoms with E-state index in [4.69, 9.17) is 0 Å². The molecule has 1 aromatic heterocycles. The fraction of sp³-hybridized carbons (Fsp3) is 0.812. The molecule has 2 atom stereocenters. The fourth-order valence-corrected chi connectivity index (χ4v) is 2.46. The third kappa shape index (κ3) is 6.23. The Hall–Kier alpha value is -0.790. The van der Waals surface area contributed by atoms with Crippen molar-refractivity contribution in [3.05, 3.63) is 18.7 Å². The van der Waals surface area contributed by atoms with Gasteiger partial charge in [0.25, 0.3) is 0 Å². The summed E-state index contributed by atoms with van der Waals surface area (Å²) in [7, 11) is 0. The average molecular weight is 250 g/mol. The molecular formula is C16H30N2. The third-order valence-corrected chi connectivity index (χ3v) is 3.83. The van der Waals surface area contributed by atoms with E-state index in [-0.39, 0.29) is 0 Å². The quantitative estimate of drug-likeness (QED) is 0.598. The van der Waals surface area contributed by atoms with E-state index < -0.39 is 0 Å². The average Bonchev–Trinajstić information content (AvgIpc) is 2.81. The van der Waals surface area contributed by atoms with Crippen molar-refractivity contribution in [1.29, 1.82) is 0 Å². The normalized spacial score (nSPS) is 14.9. The molecule has 0 fully saturated rings. The molecular weight excluding hydrogens is 220 g/mol. The molecule has 2 heteroatoms. The summed E-state index contributed by atoms with van der Waals surface area (Å²) in [6.07, 6.45) is 14.0. The molecule has 0 aliphatic rings. The van der Waals surface area contributed by atoms with E-state index in [1.165, 1.54) is 38.5 Å². The van der Waals surface area contributed by atoms with Crippen molar-refractivity contribution in [2.24, 2.45) is 11.8 Å². The largest absolute Gasteiger partial charge is 0.335 e. The number of hydrogen-bond donors (Lipinski definition) is 0. The smallest absolute Gasteiger partial charge is 0.0948 e. The highest BCUT2D eigenvalue weighted by atomic mass is 15.0. The van der Waals surface area contributed by atoms with Crippen molar-refractivity contribution < 1.29 is 0 Å². The van der Waals surface area contributed by atoms with Crippen molar-refractivity contribution in [3.63, 3.8) is 0 Å². The van der Waals surface area contributed by atoms with Gasteiger partial charge >= 0.3 is 0 Å². The topological polar surface area (TPSA) is 17.8 Å². The second-order valence-electron chi connectivity index (χ2n) is 6.22.